The molecule has 2 aliphatic carbocycles. The largest absolute Gasteiger partial charge is 0.508 e. The lowest BCUT2D eigenvalue weighted by molar-refractivity contribution is 0.0954. The van der Waals surface area contributed by atoms with Gasteiger partial charge < -0.3 is 5.11 Å². The smallest absolute Gasteiger partial charge is 0.271 e. The van der Waals surface area contributed by atoms with Crippen molar-refractivity contribution in [1.82, 2.24) is 5.43 Å². The molecule has 0 spiro atoms. The standard InChI is InChI=1S/C17H22N2O2/c20-16-9-6-13(7-10-16)17(21)19-18-15-8-5-12-3-1-2-4-14(12)11-15/h6-7,9-10,12,14,20H,1-5,8,11H2,(H,19,21)/b18-15-/t12-,14-/m1/s1. The maximum absolute atomic E-state index is 12.0. The van der Waals surface area contributed by atoms with Crippen LogP contribution in [0.4, 0.5) is 0 Å². The van der Waals surface area contributed by atoms with E-state index in [1.807, 2.05) is 0 Å². The van der Waals surface area contributed by atoms with Gasteiger partial charge >= 0.3 is 0 Å². The fourth-order valence-corrected chi connectivity index (χ4v) is 3.60. The molecule has 2 N–H and O–H groups in total. The Balaban J connectivity index is 1.58. The lowest BCUT2D eigenvalue weighted by Crippen LogP contribution is -2.29. The Hall–Kier alpha value is -1.84. The van der Waals surface area contributed by atoms with E-state index in [1.54, 1.807) is 12.1 Å². The van der Waals surface area contributed by atoms with Crippen molar-refractivity contribution >= 4 is 11.6 Å². The van der Waals surface area contributed by atoms with Gasteiger partial charge in [-0.1, -0.05) is 19.3 Å². The molecule has 0 unspecified atom stereocenters. The molecule has 4 nitrogen and oxygen atoms in total. The first kappa shape index (κ1) is 14.1. The van der Waals surface area contributed by atoms with Crippen molar-refractivity contribution in [2.75, 3.05) is 0 Å². The second-order valence-corrected chi connectivity index (χ2v) is 6.21. The van der Waals surface area contributed by atoms with Crippen molar-refractivity contribution in [3.05, 3.63) is 29.8 Å². The molecule has 2 fully saturated rings. The van der Waals surface area contributed by atoms with Crippen LogP contribution in [0.1, 0.15) is 55.3 Å². The van der Waals surface area contributed by atoms with Gasteiger partial charge in [0.15, 0.2) is 0 Å². The minimum absolute atomic E-state index is 0.161. The minimum atomic E-state index is -0.215. The number of nitrogens with one attached hydrogen (secondary N) is 1. The summed E-state index contributed by atoms with van der Waals surface area (Å²) < 4.78 is 0. The topological polar surface area (TPSA) is 61.7 Å². The molecule has 1 aromatic carbocycles. The first-order valence-corrected chi connectivity index (χ1v) is 7.87. The lowest BCUT2D eigenvalue weighted by Gasteiger charge is -2.35. The van der Waals surface area contributed by atoms with E-state index in [4.69, 9.17) is 0 Å². The average molecular weight is 286 g/mol. The molecule has 2 aliphatic rings. The van der Waals surface area contributed by atoms with Gasteiger partial charge in [-0.25, -0.2) is 5.43 Å². The molecule has 0 aliphatic heterocycles. The Morgan fingerprint density at radius 3 is 2.57 bits per heavy atom. The molecule has 0 aromatic heterocycles. The number of carbonyl (C=O) groups excluding carboxylic acids is 1. The van der Waals surface area contributed by atoms with Crippen LogP contribution in [0.25, 0.3) is 0 Å². The quantitative estimate of drug-likeness (QED) is 0.818. The highest BCUT2D eigenvalue weighted by atomic mass is 16.3. The number of hydrogen-bond acceptors (Lipinski definition) is 3. The summed E-state index contributed by atoms with van der Waals surface area (Å²) in [5.74, 6) is 1.60. The van der Waals surface area contributed by atoms with E-state index in [9.17, 15) is 9.90 Å². The third kappa shape index (κ3) is 3.43. The van der Waals surface area contributed by atoms with E-state index in [0.29, 0.717) is 5.56 Å². The van der Waals surface area contributed by atoms with E-state index in [1.165, 1.54) is 44.2 Å². The highest BCUT2D eigenvalue weighted by molar-refractivity contribution is 5.95. The zero-order chi connectivity index (χ0) is 14.7. The number of aromatic hydroxyl groups is 1. The predicted octanol–water partition coefficient (Wildman–Crippen LogP) is 3.47. The molecule has 2 saturated carbocycles. The molecular weight excluding hydrogens is 264 g/mol. The molecule has 21 heavy (non-hydrogen) atoms. The van der Waals surface area contributed by atoms with Crippen molar-refractivity contribution in [3.8, 4) is 5.75 Å². The van der Waals surface area contributed by atoms with Gasteiger partial charge in [0.25, 0.3) is 5.91 Å². The number of rotatable bonds is 2. The molecule has 3 rings (SSSR count). The summed E-state index contributed by atoms with van der Waals surface area (Å²) in [7, 11) is 0. The van der Waals surface area contributed by atoms with Crippen LogP contribution in [-0.4, -0.2) is 16.7 Å². The second-order valence-electron chi connectivity index (χ2n) is 6.21. The van der Waals surface area contributed by atoms with Crippen LogP contribution in [0.2, 0.25) is 0 Å². The van der Waals surface area contributed by atoms with Gasteiger partial charge in [-0.05, 0) is 61.8 Å². The van der Waals surface area contributed by atoms with Crippen molar-refractivity contribution in [2.45, 2.75) is 44.9 Å². The summed E-state index contributed by atoms with van der Waals surface area (Å²) >= 11 is 0. The van der Waals surface area contributed by atoms with E-state index >= 15 is 0 Å². The van der Waals surface area contributed by atoms with Crippen molar-refractivity contribution in [2.24, 2.45) is 16.9 Å². The first-order chi connectivity index (χ1) is 10.2. The van der Waals surface area contributed by atoms with Crippen LogP contribution < -0.4 is 5.43 Å². The number of amides is 1. The molecular formula is C17H22N2O2. The fraction of sp³-hybridized carbons (Fsp3) is 0.529. The molecule has 4 heteroatoms. The van der Waals surface area contributed by atoms with Gasteiger partial charge in [0.2, 0.25) is 0 Å². The zero-order valence-electron chi connectivity index (χ0n) is 12.2. The van der Waals surface area contributed by atoms with Gasteiger partial charge in [-0.2, -0.15) is 5.10 Å². The average Bonchev–Trinajstić information content (AvgIpc) is 2.53. The Morgan fingerprint density at radius 1 is 1.10 bits per heavy atom. The number of benzene rings is 1. The third-order valence-electron chi connectivity index (χ3n) is 4.81. The number of phenolic OH excluding ortho intramolecular Hbond substituents is 1. The van der Waals surface area contributed by atoms with Crippen molar-refractivity contribution < 1.29 is 9.90 Å². The maximum Gasteiger partial charge on any atom is 0.271 e. The number of carbonyl (C=O) groups is 1. The van der Waals surface area contributed by atoms with E-state index in [2.05, 4.69) is 10.5 Å². The minimum Gasteiger partial charge on any atom is -0.508 e. The van der Waals surface area contributed by atoms with Crippen molar-refractivity contribution in [3.63, 3.8) is 0 Å². The van der Waals surface area contributed by atoms with Gasteiger partial charge in [0, 0.05) is 11.3 Å². The monoisotopic (exact) mass is 286 g/mol. The van der Waals surface area contributed by atoms with Crippen LogP contribution >= 0.6 is 0 Å². The van der Waals surface area contributed by atoms with Gasteiger partial charge in [0.1, 0.15) is 5.75 Å². The molecule has 1 amide bonds. The number of phenols is 1. The molecule has 0 heterocycles. The molecule has 112 valence electrons. The molecule has 0 radical (unpaired) electrons. The van der Waals surface area contributed by atoms with E-state index in [0.717, 1.165) is 30.4 Å². The normalized spacial score (nSPS) is 27.1. The summed E-state index contributed by atoms with van der Waals surface area (Å²) in [6, 6.07) is 6.22. The Kier molecular flexibility index (Phi) is 4.23. The van der Waals surface area contributed by atoms with Gasteiger partial charge in [-0.3, -0.25) is 4.79 Å². The summed E-state index contributed by atoms with van der Waals surface area (Å²) in [6.45, 7) is 0. The van der Waals surface area contributed by atoms with Gasteiger partial charge in [0.05, 0.1) is 0 Å². The van der Waals surface area contributed by atoms with Crippen LogP contribution in [0.15, 0.2) is 29.4 Å². The Labute approximate surface area is 125 Å². The summed E-state index contributed by atoms with van der Waals surface area (Å²) in [5.41, 5.74) is 4.30. The third-order valence-corrected chi connectivity index (χ3v) is 4.81. The van der Waals surface area contributed by atoms with Gasteiger partial charge in [-0.15, -0.1) is 0 Å². The fourth-order valence-electron chi connectivity index (χ4n) is 3.60. The highest BCUT2D eigenvalue weighted by Crippen LogP contribution is 2.39. The summed E-state index contributed by atoms with van der Waals surface area (Å²) in [6.07, 6.45) is 8.68. The summed E-state index contributed by atoms with van der Waals surface area (Å²) in [5, 5.41) is 13.6. The lowest BCUT2D eigenvalue weighted by atomic mass is 9.70. The van der Waals surface area contributed by atoms with Crippen LogP contribution in [0.5, 0.6) is 5.75 Å². The number of fused-ring (bicyclic) bond motifs is 1. The first-order valence-electron chi connectivity index (χ1n) is 7.87. The summed E-state index contributed by atoms with van der Waals surface area (Å²) in [4.78, 5) is 12.0. The zero-order valence-corrected chi connectivity index (χ0v) is 12.2. The second kappa shape index (κ2) is 6.29. The molecule has 0 bridgehead atoms. The number of hydrazone groups is 1. The number of hydrogen-bond donors (Lipinski definition) is 2. The highest BCUT2D eigenvalue weighted by Gasteiger charge is 2.30. The Bertz CT molecular complexity index is 536. The van der Waals surface area contributed by atoms with E-state index in [-0.39, 0.29) is 11.7 Å². The van der Waals surface area contributed by atoms with Crippen LogP contribution in [0.3, 0.4) is 0 Å². The molecule has 1 aromatic rings. The van der Waals surface area contributed by atoms with Crippen molar-refractivity contribution in [1.29, 1.82) is 0 Å². The molecule has 0 saturated heterocycles. The predicted molar refractivity (Wildman–Crippen MR) is 82.3 cm³/mol. The van der Waals surface area contributed by atoms with E-state index < -0.39 is 0 Å². The SMILES string of the molecule is O=C(N/N=C1/CC[C@H]2CCCC[C@@H]2C1)c1ccc(O)cc1. The van der Waals surface area contributed by atoms with Crippen LogP contribution in [0, 0.1) is 11.8 Å². The van der Waals surface area contributed by atoms with Crippen LogP contribution in [-0.2, 0) is 0 Å². The maximum atomic E-state index is 12.0. The Morgan fingerprint density at radius 2 is 1.81 bits per heavy atom. The number of nitrogens with zero attached hydrogens (tertiary/aromatic N) is 1. The molecule has 2 atom stereocenters.